The zero-order chi connectivity index (χ0) is 11.3. The van der Waals surface area contributed by atoms with Crippen LogP contribution in [0, 0.1) is 0 Å². The van der Waals surface area contributed by atoms with Crippen molar-refractivity contribution in [2.45, 2.75) is 18.6 Å². The van der Waals surface area contributed by atoms with Crippen LogP contribution in [-0.2, 0) is 14.8 Å². The summed E-state index contributed by atoms with van der Waals surface area (Å²) in [6.07, 6.45) is 2.89. The van der Waals surface area contributed by atoms with Crippen LogP contribution >= 0.6 is 0 Å². The molecule has 0 aliphatic carbocycles. The maximum Gasteiger partial charge on any atom is 0.265 e. The molecule has 0 saturated carbocycles. The minimum Gasteiger partial charge on any atom is -0.268 e. The molecule has 1 aromatic rings. The Kier molecular flexibility index (Phi) is 1.88. The molecular weight excluding hydrogens is 216 g/mol. The van der Waals surface area contributed by atoms with E-state index in [0.717, 1.165) is 0 Å². The Hall–Kier alpha value is -1.43. The minimum atomic E-state index is -3.66. The van der Waals surface area contributed by atoms with E-state index in [2.05, 4.69) is 4.98 Å². The van der Waals surface area contributed by atoms with Gasteiger partial charge in [-0.25, -0.2) is 13.1 Å². The third kappa shape index (κ3) is 1.25. The summed E-state index contributed by atoms with van der Waals surface area (Å²) in [4.78, 5) is 15.3. The largest absolute Gasteiger partial charge is 0.268 e. The van der Waals surface area contributed by atoms with Gasteiger partial charge in [-0.1, -0.05) is 0 Å². The van der Waals surface area contributed by atoms with Crippen LogP contribution in [0.2, 0.25) is 0 Å². The zero-order valence-electron chi connectivity index (χ0n) is 8.31. The second-order valence-corrected chi connectivity index (χ2v) is 6.10. The van der Waals surface area contributed by atoms with Crippen molar-refractivity contribution in [1.82, 2.24) is 9.71 Å². The van der Waals surface area contributed by atoms with Gasteiger partial charge in [-0.05, 0) is 19.9 Å². The smallest absolute Gasteiger partial charge is 0.265 e. The average molecular weight is 226 g/mol. The van der Waals surface area contributed by atoms with E-state index in [4.69, 9.17) is 0 Å². The third-order valence-electron chi connectivity index (χ3n) is 2.61. The molecule has 1 aliphatic heterocycles. The lowest BCUT2D eigenvalue weighted by molar-refractivity contribution is 0.0974. The van der Waals surface area contributed by atoms with Crippen LogP contribution in [0.1, 0.15) is 29.8 Å². The van der Waals surface area contributed by atoms with Gasteiger partial charge in [0.05, 0.1) is 0 Å². The van der Waals surface area contributed by atoms with E-state index in [-0.39, 0.29) is 0 Å². The first-order valence-corrected chi connectivity index (χ1v) is 5.86. The molecule has 1 aliphatic rings. The summed E-state index contributed by atoms with van der Waals surface area (Å²) in [7, 11) is -3.66. The first-order valence-electron chi connectivity index (χ1n) is 4.37. The van der Waals surface area contributed by atoms with Crippen LogP contribution in [0.25, 0.3) is 0 Å². The Morgan fingerprint density at radius 2 is 2.07 bits per heavy atom. The topological polar surface area (TPSA) is 76.1 Å². The maximum atomic E-state index is 11.7. The van der Waals surface area contributed by atoms with Crippen LogP contribution in [0.3, 0.4) is 0 Å². The number of nitrogens with zero attached hydrogens (tertiary/aromatic N) is 1. The molecule has 5 nitrogen and oxygen atoms in total. The van der Waals surface area contributed by atoms with E-state index in [0.29, 0.717) is 11.1 Å². The molecule has 0 saturated heterocycles. The number of sulfonamides is 1. The van der Waals surface area contributed by atoms with Crippen molar-refractivity contribution in [3.8, 4) is 0 Å². The number of rotatable bonds is 0. The highest BCUT2D eigenvalue weighted by atomic mass is 32.2. The molecule has 6 heteroatoms. The van der Waals surface area contributed by atoms with E-state index in [9.17, 15) is 13.2 Å². The van der Waals surface area contributed by atoms with Crippen LogP contribution in [0.15, 0.2) is 18.5 Å². The van der Waals surface area contributed by atoms with E-state index in [1.807, 2.05) is 4.72 Å². The van der Waals surface area contributed by atoms with E-state index >= 15 is 0 Å². The van der Waals surface area contributed by atoms with Crippen molar-refractivity contribution in [3.05, 3.63) is 29.6 Å². The summed E-state index contributed by atoms with van der Waals surface area (Å²) in [6.45, 7) is 3.09. The zero-order valence-corrected chi connectivity index (χ0v) is 9.13. The molecule has 0 radical (unpaired) electrons. The SMILES string of the molecule is CC1(C)c2cnccc2C(=O)NS1(=O)=O. The summed E-state index contributed by atoms with van der Waals surface area (Å²) < 4.78 is 24.3. The molecule has 1 N–H and O–H groups in total. The molecule has 15 heavy (non-hydrogen) atoms. The number of pyridine rings is 1. The van der Waals surface area contributed by atoms with Gasteiger partial charge in [-0.15, -0.1) is 0 Å². The number of fused-ring (bicyclic) bond motifs is 1. The lowest BCUT2D eigenvalue weighted by Gasteiger charge is -2.31. The van der Waals surface area contributed by atoms with Gasteiger partial charge in [0, 0.05) is 23.5 Å². The Morgan fingerprint density at radius 1 is 1.40 bits per heavy atom. The van der Waals surface area contributed by atoms with Crippen molar-refractivity contribution in [2.24, 2.45) is 0 Å². The minimum absolute atomic E-state index is 0.366. The van der Waals surface area contributed by atoms with Crippen molar-refractivity contribution >= 4 is 15.9 Å². The van der Waals surface area contributed by atoms with Crippen molar-refractivity contribution in [2.75, 3.05) is 0 Å². The highest BCUT2D eigenvalue weighted by Gasteiger charge is 2.44. The van der Waals surface area contributed by atoms with Gasteiger partial charge < -0.3 is 0 Å². The number of carbonyl (C=O) groups excluding carboxylic acids is 1. The molecule has 0 aromatic carbocycles. The highest BCUT2D eigenvalue weighted by molar-refractivity contribution is 7.91. The second-order valence-electron chi connectivity index (χ2n) is 3.87. The van der Waals surface area contributed by atoms with Gasteiger partial charge in [0.2, 0.25) is 10.0 Å². The number of aromatic nitrogens is 1. The quantitative estimate of drug-likeness (QED) is 0.694. The fourth-order valence-electron chi connectivity index (χ4n) is 1.52. The van der Waals surface area contributed by atoms with Gasteiger partial charge in [0.15, 0.2) is 0 Å². The summed E-state index contributed by atoms with van der Waals surface area (Å²) in [5.41, 5.74) is 0.804. The van der Waals surface area contributed by atoms with Gasteiger partial charge in [-0.3, -0.25) is 9.78 Å². The van der Waals surface area contributed by atoms with Crippen LogP contribution < -0.4 is 4.72 Å². The van der Waals surface area contributed by atoms with Gasteiger partial charge >= 0.3 is 0 Å². The molecule has 1 aromatic heterocycles. The molecular formula is C9H10N2O3S. The van der Waals surface area contributed by atoms with Crippen LogP contribution in [0.5, 0.6) is 0 Å². The summed E-state index contributed by atoms with van der Waals surface area (Å²) >= 11 is 0. The Morgan fingerprint density at radius 3 is 2.73 bits per heavy atom. The van der Waals surface area contributed by atoms with Gasteiger partial charge in [0.25, 0.3) is 5.91 Å². The first-order chi connectivity index (χ1) is 6.86. The summed E-state index contributed by atoms with van der Waals surface area (Å²) in [5.74, 6) is -0.591. The molecule has 0 bridgehead atoms. The normalized spacial score (nSPS) is 21.6. The summed E-state index contributed by atoms with van der Waals surface area (Å²) in [5, 5.41) is 0. The van der Waals surface area contributed by atoms with Gasteiger partial charge in [0.1, 0.15) is 4.75 Å². The number of hydrogen-bond acceptors (Lipinski definition) is 4. The van der Waals surface area contributed by atoms with Crippen LogP contribution in [0.4, 0.5) is 0 Å². The first kappa shape index (κ1) is 10.1. The fourth-order valence-corrected chi connectivity index (χ4v) is 2.58. The van der Waals surface area contributed by atoms with Crippen LogP contribution in [-0.4, -0.2) is 19.3 Å². The number of nitrogens with one attached hydrogen (secondary N) is 1. The molecule has 2 rings (SSSR count). The Labute approximate surface area is 87.6 Å². The van der Waals surface area contributed by atoms with E-state index < -0.39 is 20.7 Å². The second kappa shape index (κ2) is 2.79. The van der Waals surface area contributed by atoms with Gasteiger partial charge in [-0.2, -0.15) is 0 Å². The third-order valence-corrected chi connectivity index (χ3v) is 4.63. The molecule has 0 atom stereocenters. The molecule has 1 amide bonds. The number of amides is 1. The highest BCUT2D eigenvalue weighted by Crippen LogP contribution is 2.34. The summed E-state index contributed by atoms with van der Waals surface area (Å²) in [6, 6.07) is 1.51. The molecule has 2 heterocycles. The lowest BCUT2D eigenvalue weighted by Crippen LogP contribution is -2.48. The van der Waals surface area contributed by atoms with Crippen molar-refractivity contribution in [3.63, 3.8) is 0 Å². The molecule has 0 unspecified atom stereocenters. The lowest BCUT2D eigenvalue weighted by atomic mass is 9.98. The molecule has 0 spiro atoms. The Balaban J connectivity index is 2.80. The fraction of sp³-hybridized carbons (Fsp3) is 0.333. The Bertz CT molecular complexity index is 534. The van der Waals surface area contributed by atoms with E-state index in [1.165, 1.54) is 18.5 Å². The standard InChI is InChI=1S/C9H10N2O3S/c1-9(2)7-5-10-4-3-6(7)8(12)11-15(9,13)14/h3-5H,1-2H3,(H,11,12). The molecule has 0 fully saturated rings. The predicted octanol–water partition coefficient (Wildman–Crippen LogP) is 0.390. The van der Waals surface area contributed by atoms with Crippen molar-refractivity contribution < 1.29 is 13.2 Å². The molecule has 80 valence electrons. The average Bonchev–Trinajstić information content (AvgIpc) is 2.15. The maximum absolute atomic E-state index is 11.7. The number of carbonyl (C=O) groups is 1. The van der Waals surface area contributed by atoms with Crippen molar-refractivity contribution in [1.29, 1.82) is 0 Å². The number of hydrogen-bond donors (Lipinski definition) is 1. The monoisotopic (exact) mass is 226 g/mol. The predicted molar refractivity (Wildman–Crippen MR) is 53.6 cm³/mol. The van der Waals surface area contributed by atoms with E-state index in [1.54, 1.807) is 13.8 Å².